The van der Waals surface area contributed by atoms with Gasteiger partial charge >= 0.3 is 5.88 Å². The van der Waals surface area contributed by atoms with Crippen molar-refractivity contribution in [2.24, 2.45) is 0 Å². The van der Waals surface area contributed by atoms with Crippen LogP contribution in [0, 0.1) is 116 Å². The fourth-order valence-electron chi connectivity index (χ4n) is 7.49. The predicted molar refractivity (Wildman–Crippen MR) is 199 cm³/mol. The molecule has 0 aliphatic heterocycles. The van der Waals surface area contributed by atoms with Crippen molar-refractivity contribution in [3.63, 3.8) is 0 Å². The van der Waals surface area contributed by atoms with E-state index in [1.54, 1.807) is 0 Å². The minimum atomic E-state index is -7.22. The van der Waals surface area contributed by atoms with Crippen molar-refractivity contribution in [2.45, 2.75) is 26.3 Å². The van der Waals surface area contributed by atoms with Crippen LogP contribution in [0.2, 0.25) is 0 Å². The summed E-state index contributed by atoms with van der Waals surface area (Å²) in [5.74, 6) is -70.5. The lowest BCUT2D eigenvalue weighted by Crippen LogP contribution is -2.81. The number of rotatable bonds is 10. The molecule has 0 amide bonds. The number of pyridine rings is 1. The average molecular weight is 971 g/mol. The van der Waals surface area contributed by atoms with Gasteiger partial charge in [0.25, 0.3) is 0 Å². The van der Waals surface area contributed by atoms with E-state index in [9.17, 15) is 52.7 Å². The Kier molecular flexibility index (Phi) is 14.2. The second kappa shape index (κ2) is 19.2. The highest BCUT2D eigenvalue weighted by Gasteiger charge is 2.52. The third kappa shape index (κ3) is 8.14. The van der Waals surface area contributed by atoms with Crippen LogP contribution in [-0.2, 0) is 6.54 Å². The van der Waals surface area contributed by atoms with Gasteiger partial charge in [-0.15, -0.1) is 21.9 Å². The van der Waals surface area contributed by atoms with Gasteiger partial charge in [0.2, 0.25) is 5.52 Å². The minimum Gasteiger partial charge on any atom is -0.444 e. The number of hydrogen-bond donors (Lipinski definition) is 0. The maximum Gasteiger partial charge on any atom is 0.368 e. The summed E-state index contributed by atoms with van der Waals surface area (Å²) in [5.41, 5.74) is -11.8. The lowest BCUT2D eigenvalue weighted by atomic mass is 9.12. The lowest BCUT2D eigenvalue weighted by molar-refractivity contribution is -0.668. The van der Waals surface area contributed by atoms with E-state index in [0.717, 1.165) is 31.9 Å². The van der Waals surface area contributed by atoms with Crippen LogP contribution < -0.4 is 31.2 Å². The molecule has 0 radical (unpaired) electrons. The van der Waals surface area contributed by atoms with Crippen molar-refractivity contribution in [2.75, 3.05) is 6.61 Å². The minimum absolute atomic E-state index is 0.767. The number of fused-ring (bicyclic) bond motifs is 1. The number of hydrogen-bond acceptors (Lipinski definition) is 1. The quantitative estimate of drug-likeness (QED) is 0.0333. The molecular weight excluding hydrogens is 949 g/mol. The molecule has 0 aliphatic carbocycles. The van der Waals surface area contributed by atoms with E-state index >= 15 is 35.1 Å². The maximum absolute atomic E-state index is 15.4. The van der Waals surface area contributed by atoms with Gasteiger partial charge < -0.3 is 4.74 Å². The van der Waals surface area contributed by atoms with Crippen molar-refractivity contribution in [1.29, 1.82) is 0 Å². The number of aromatic nitrogens is 1. The number of benzene rings is 6. The smallest absolute Gasteiger partial charge is 0.368 e. The van der Waals surface area contributed by atoms with E-state index in [-0.39, 0.29) is 0 Å². The Labute approximate surface area is 363 Å². The van der Waals surface area contributed by atoms with E-state index in [0.29, 0.717) is 0 Å². The van der Waals surface area contributed by atoms with Crippen molar-refractivity contribution in [3.05, 3.63) is 189 Å². The molecule has 0 atom stereocenters. The number of para-hydroxylation sites is 1. The zero-order chi connectivity index (χ0) is 49.6. The van der Waals surface area contributed by atoms with Gasteiger partial charge in [-0.1, -0.05) is 55.8 Å². The Bertz CT molecular complexity index is 2700. The second-order valence-electron chi connectivity index (χ2n) is 14.3. The highest BCUT2D eigenvalue weighted by Crippen LogP contribution is 2.31. The SMILES string of the molecule is CCCCOc1ccc2ccccc2[n+]1Cc1ccccc1.Fc1c(F)c(F)c([B-](c2c(F)c(F)c(F)c(F)c2F)(c2c(F)c(F)c(F)c(F)c2F)c2c(F)c(F)c(F)c(F)c2F)c(F)c1F. The summed E-state index contributed by atoms with van der Waals surface area (Å²) >= 11 is 0. The summed E-state index contributed by atoms with van der Waals surface area (Å²) in [4.78, 5) is 0. The first kappa shape index (κ1) is 49.6. The first-order valence-electron chi connectivity index (χ1n) is 18.9. The fourth-order valence-corrected chi connectivity index (χ4v) is 7.49. The molecule has 6 aromatic carbocycles. The Hall–Kier alpha value is -6.81. The number of halogens is 20. The van der Waals surface area contributed by atoms with E-state index in [1.807, 2.05) is 0 Å². The highest BCUT2D eigenvalue weighted by atomic mass is 19.2. The summed E-state index contributed by atoms with van der Waals surface area (Å²) < 4.78 is 302. The molecule has 0 fully saturated rings. The molecular formula is C44H22BF20NO. The van der Waals surface area contributed by atoms with E-state index in [4.69, 9.17) is 4.74 Å². The fraction of sp³-hybridized carbons (Fsp3) is 0.114. The van der Waals surface area contributed by atoms with Crippen molar-refractivity contribution >= 4 is 38.9 Å². The lowest BCUT2D eigenvalue weighted by Gasteiger charge is -2.44. The summed E-state index contributed by atoms with van der Waals surface area (Å²) in [6.45, 7) is 3.77. The van der Waals surface area contributed by atoms with Crippen LogP contribution in [0.4, 0.5) is 87.8 Å². The van der Waals surface area contributed by atoms with E-state index < -0.39 is 144 Å². The van der Waals surface area contributed by atoms with Crippen LogP contribution in [-0.4, -0.2) is 12.8 Å². The first-order chi connectivity index (χ1) is 31.6. The molecule has 0 N–H and O–H groups in total. The molecule has 67 heavy (non-hydrogen) atoms. The number of ether oxygens (including phenoxy) is 1. The third-order valence-electron chi connectivity index (χ3n) is 10.5. The van der Waals surface area contributed by atoms with Crippen molar-refractivity contribution in [1.82, 2.24) is 0 Å². The van der Waals surface area contributed by atoms with Crippen LogP contribution >= 0.6 is 0 Å². The summed E-state index contributed by atoms with van der Waals surface area (Å²) in [7, 11) is 0. The molecule has 0 aliphatic rings. The van der Waals surface area contributed by atoms with E-state index in [1.165, 1.54) is 16.5 Å². The predicted octanol–water partition coefficient (Wildman–Crippen LogP) is 10.2. The zero-order valence-corrected chi connectivity index (χ0v) is 33.2. The van der Waals surface area contributed by atoms with Gasteiger partial charge in [0.05, 0.1) is 12.7 Å². The second-order valence-corrected chi connectivity index (χ2v) is 14.3. The summed E-state index contributed by atoms with van der Waals surface area (Å²) in [6.07, 6.45) is -4.99. The van der Waals surface area contributed by atoms with Gasteiger partial charge in [-0.2, -0.15) is 4.57 Å². The van der Waals surface area contributed by atoms with Crippen LogP contribution in [0.5, 0.6) is 5.88 Å². The van der Waals surface area contributed by atoms with E-state index in [2.05, 4.69) is 78.2 Å². The Morgan fingerprint density at radius 3 is 1.03 bits per heavy atom. The van der Waals surface area contributed by atoms with Gasteiger partial charge in [0, 0.05) is 17.0 Å². The molecule has 0 unspecified atom stereocenters. The molecule has 23 heteroatoms. The van der Waals surface area contributed by atoms with Gasteiger partial charge in [-0.3, -0.25) is 0 Å². The highest BCUT2D eigenvalue weighted by molar-refractivity contribution is 7.20. The number of unbranched alkanes of at least 4 members (excludes halogenated alkanes) is 1. The summed E-state index contributed by atoms with van der Waals surface area (Å²) in [6, 6.07) is 23.2. The number of nitrogens with zero attached hydrogens (tertiary/aromatic N) is 1. The first-order valence-corrected chi connectivity index (χ1v) is 18.9. The van der Waals surface area contributed by atoms with Crippen LogP contribution in [0.1, 0.15) is 25.3 Å². The molecule has 7 aromatic rings. The molecule has 352 valence electrons. The van der Waals surface area contributed by atoms with Crippen LogP contribution in [0.3, 0.4) is 0 Å². The molecule has 1 heterocycles. The van der Waals surface area contributed by atoms with Crippen LogP contribution in [0.15, 0.2) is 66.7 Å². The molecule has 0 saturated carbocycles. The normalized spacial score (nSPS) is 11.6. The molecule has 0 bridgehead atoms. The zero-order valence-electron chi connectivity index (χ0n) is 33.2. The largest absolute Gasteiger partial charge is 0.444 e. The molecule has 1 aromatic heterocycles. The van der Waals surface area contributed by atoms with Gasteiger partial charge in [-0.05, 0) is 18.6 Å². The average Bonchev–Trinajstić information content (AvgIpc) is 3.32. The van der Waals surface area contributed by atoms with Gasteiger partial charge in [0.1, 0.15) is 52.7 Å². The standard InChI is InChI=1S/C24BF20.C20H22NO/c26-5-1(6(27)14(35)21(42)13(5)34)25(2-7(28)15(36)22(43)16(37)8(2)29,3-9(30)17(38)23(44)18(39)10(3)31)4-11(32)19(40)24(45)20(41)12(4)33;1-2-3-15-22-20-14-13-18-11-7-8-12-19(18)21(20)16-17-9-5-4-6-10-17/h;4-14H,2-3,15-16H2,1H3/q-1;+1. The maximum atomic E-state index is 15.4. The molecule has 0 spiro atoms. The van der Waals surface area contributed by atoms with Crippen molar-refractivity contribution < 1.29 is 97.1 Å². The Balaban J connectivity index is 0.000000279. The third-order valence-corrected chi connectivity index (χ3v) is 10.5. The Morgan fingerprint density at radius 2 is 0.687 bits per heavy atom. The molecule has 7 rings (SSSR count). The Morgan fingerprint density at radius 1 is 0.373 bits per heavy atom. The van der Waals surface area contributed by atoms with Gasteiger partial charge in [0.15, 0.2) is 76.4 Å². The van der Waals surface area contributed by atoms with Crippen LogP contribution in [0.25, 0.3) is 10.9 Å². The monoisotopic (exact) mass is 971 g/mol. The topological polar surface area (TPSA) is 13.1 Å². The molecule has 2 nitrogen and oxygen atoms in total. The summed E-state index contributed by atoms with van der Waals surface area (Å²) in [5, 5.41) is 1.24. The molecule has 0 saturated heterocycles. The van der Waals surface area contributed by atoms with Gasteiger partial charge in [-0.25, -0.2) is 87.8 Å². The van der Waals surface area contributed by atoms with Crippen molar-refractivity contribution in [3.8, 4) is 5.88 Å².